The molecule has 1 aromatic rings. The summed E-state index contributed by atoms with van der Waals surface area (Å²) in [6.45, 7) is 4.98. The molecule has 4 nitrogen and oxygen atoms in total. The second-order valence-corrected chi connectivity index (χ2v) is 6.35. The third kappa shape index (κ3) is 2.49. The van der Waals surface area contributed by atoms with Crippen molar-refractivity contribution in [2.24, 2.45) is 7.05 Å². The van der Waals surface area contributed by atoms with Crippen LogP contribution in [-0.2, 0) is 19.9 Å². The molecule has 1 fully saturated rings. The highest BCUT2D eigenvalue weighted by Crippen LogP contribution is 2.32. The summed E-state index contributed by atoms with van der Waals surface area (Å²) in [7, 11) is 4.02. The standard InChI is InChI=1S/C13H22BrN3O/c1-5-10-12(14)11(17(4)15-10)7-13(18)6-9(2)16(3)8-13/h9,18H,5-8H2,1-4H3. The van der Waals surface area contributed by atoms with Gasteiger partial charge in [0, 0.05) is 26.1 Å². The van der Waals surface area contributed by atoms with Gasteiger partial charge in [-0.2, -0.15) is 5.10 Å². The van der Waals surface area contributed by atoms with E-state index in [1.54, 1.807) is 0 Å². The number of aryl methyl sites for hydroxylation is 2. The van der Waals surface area contributed by atoms with E-state index in [1.165, 1.54) is 0 Å². The molecule has 1 aliphatic rings. The second-order valence-electron chi connectivity index (χ2n) is 5.55. The average Bonchev–Trinajstić information content (AvgIpc) is 2.70. The van der Waals surface area contributed by atoms with Gasteiger partial charge in [-0.15, -0.1) is 0 Å². The summed E-state index contributed by atoms with van der Waals surface area (Å²) < 4.78 is 2.95. The van der Waals surface area contributed by atoms with Gasteiger partial charge in [0.05, 0.1) is 21.5 Å². The Balaban J connectivity index is 2.22. The second kappa shape index (κ2) is 4.94. The van der Waals surface area contributed by atoms with Gasteiger partial charge in [-0.3, -0.25) is 4.68 Å². The summed E-state index contributed by atoms with van der Waals surface area (Å²) in [5, 5.41) is 15.2. The van der Waals surface area contributed by atoms with Crippen LogP contribution in [0.1, 0.15) is 31.7 Å². The molecule has 1 N–H and O–H groups in total. The molecular weight excluding hydrogens is 294 g/mol. The van der Waals surface area contributed by atoms with Crippen molar-refractivity contribution in [1.29, 1.82) is 0 Å². The van der Waals surface area contributed by atoms with Crippen LogP contribution in [0.25, 0.3) is 0 Å². The topological polar surface area (TPSA) is 41.3 Å². The highest BCUT2D eigenvalue weighted by atomic mass is 79.9. The van der Waals surface area contributed by atoms with Crippen LogP contribution in [0.5, 0.6) is 0 Å². The number of likely N-dealkylation sites (tertiary alicyclic amines) is 1. The Bertz CT molecular complexity index is 434. The number of aliphatic hydroxyl groups is 1. The van der Waals surface area contributed by atoms with Crippen molar-refractivity contribution in [2.45, 2.75) is 44.8 Å². The van der Waals surface area contributed by atoms with Gasteiger partial charge in [0.2, 0.25) is 0 Å². The molecule has 102 valence electrons. The fourth-order valence-corrected chi connectivity index (χ4v) is 3.60. The maximum Gasteiger partial charge on any atom is 0.0844 e. The van der Waals surface area contributed by atoms with Crippen LogP contribution < -0.4 is 0 Å². The first kappa shape index (κ1) is 14.0. The summed E-state index contributed by atoms with van der Waals surface area (Å²) in [4.78, 5) is 2.21. The maximum absolute atomic E-state index is 10.7. The Morgan fingerprint density at radius 2 is 2.17 bits per heavy atom. The van der Waals surface area contributed by atoms with Gasteiger partial charge >= 0.3 is 0 Å². The van der Waals surface area contributed by atoms with E-state index < -0.39 is 5.60 Å². The molecule has 1 aliphatic heterocycles. The number of rotatable bonds is 3. The molecule has 0 aliphatic carbocycles. The fourth-order valence-electron chi connectivity index (χ4n) is 2.84. The van der Waals surface area contributed by atoms with Crippen molar-refractivity contribution in [2.75, 3.05) is 13.6 Å². The zero-order valence-electron chi connectivity index (χ0n) is 11.6. The van der Waals surface area contributed by atoms with Crippen LogP contribution in [0.3, 0.4) is 0 Å². The Morgan fingerprint density at radius 1 is 1.50 bits per heavy atom. The van der Waals surface area contributed by atoms with E-state index in [2.05, 4.69) is 46.8 Å². The number of likely N-dealkylation sites (N-methyl/N-ethyl adjacent to an activating group) is 1. The summed E-state index contributed by atoms with van der Waals surface area (Å²) in [6, 6.07) is 0.438. The number of halogens is 1. The van der Waals surface area contributed by atoms with Gasteiger partial charge in [-0.25, -0.2) is 0 Å². The van der Waals surface area contributed by atoms with Crippen molar-refractivity contribution in [3.05, 3.63) is 15.9 Å². The van der Waals surface area contributed by atoms with Crippen LogP contribution >= 0.6 is 15.9 Å². The van der Waals surface area contributed by atoms with Crippen molar-refractivity contribution in [3.8, 4) is 0 Å². The number of aromatic nitrogens is 2. The molecule has 0 amide bonds. The van der Waals surface area contributed by atoms with E-state index in [1.807, 2.05) is 11.7 Å². The zero-order chi connectivity index (χ0) is 13.5. The van der Waals surface area contributed by atoms with Crippen LogP contribution in [0, 0.1) is 0 Å². The minimum atomic E-state index is -0.629. The number of hydrogen-bond donors (Lipinski definition) is 1. The Morgan fingerprint density at radius 3 is 2.61 bits per heavy atom. The molecule has 0 aromatic carbocycles. The molecule has 0 radical (unpaired) electrons. The predicted molar refractivity (Wildman–Crippen MR) is 75.6 cm³/mol. The molecule has 2 unspecified atom stereocenters. The summed E-state index contributed by atoms with van der Waals surface area (Å²) in [5.74, 6) is 0. The van der Waals surface area contributed by atoms with Gasteiger partial charge in [-0.1, -0.05) is 6.92 Å². The zero-order valence-corrected chi connectivity index (χ0v) is 13.2. The fraction of sp³-hybridized carbons (Fsp3) is 0.769. The molecule has 18 heavy (non-hydrogen) atoms. The highest BCUT2D eigenvalue weighted by Gasteiger charge is 2.40. The number of β-amino-alcohol motifs (C(OH)–C–C–N with tert-alkyl or cyclic N) is 1. The highest BCUT2D eigenvalue weighted by molar-refractivity contribution is 9.10. The average molecular weight is 316 g/mol. The smallest absolute Gasteiger partial charge is 0.0844 e. The van der Waals surface area contributed by atoms with Gasteiger partial charge in [-0.05, 0) is 42.7 Å². The van der Waals surface area contributed by atoms with Gasteiger partial charge < -0.3 is 10.0 Å². The summed E-state index contributed by atoms with van der Waals surface area (Å²) in [6.07, 6.45) is 2.39. The Labute approximate surface area is 117 Å². The van der Waals surface area contributed by atoms with Crippen LogP contribution in [0.2, 0.25) is 0 Å². The van der Waals surface area contributed by atoms with E-state index in [0.717, 1.165) is 35.2 Å². The Kier molecular flexibility index (Phi) is 3.85. The van der Waals surface area contributed by atoms with Crippen LogP contribution in [0.15, 0.2) is 4.47 Å². The lowest BCUT2D eigenvalue weighted by molar-refractivity contribution is 0.0500. The quantitative estimate of drug-likeness (QED) is 0.924. The third-order valence-corrected chi connectivity index (χ3v) is 4.89. The van der Waals surface area contributed by atoms with Crippen LogP contribution in [-0.4, -0.2) is 45.0 Å². The lowest BCUT2D eigenvalue weighted by Crippen LogP contribution is -2.35. The van der Waals surface area contributed by atoms with E-state index in [0.29, 0.717) is 12.5 Å². The lowest BCUT2D eigenvalue weighted by atomic mass is 9.94. The first-order valence-corrected chi connectivity index (χ1v) is 7.28. The molecule has 2 rings (SSSR count). The van der Waals surface area contributed by atoms with E-state index >= 15 is 0 Å². The van der Waals surface area contributed by atoms with E-state index in [9.17, 15) is 5.11 Å². The first-order valence-electron chi connectivity index (χ1n) is 6.49. The Hall–Kier alpha value is -0.390. The molecule has 0 saturated carbocycles. The van der Waals surface area contributed by atoms with Crippen molar-refractivity contribution >= 4 is 15.9 Å². The van der Waals surface area contributed by atoms with Crippen LogP contribution in [0.4, 0.5) is 0 Å². The number of hydrogen-bond acceptors (Lipinski definition) is 3. The van der Waals surface area contributed by atoms with Gasteiger partial charge in [0.1, 0.15) is 0 Å². The molecule has 0 spiro atoms. The van der Waals surface area contributed by atoms with Crippen molar-refractivity contribution in [3.63, 3.8) is 0 Å². The summed E-state index contributed by atoms with van der Waals surface area (Å²) in [5.41, 5.74) is 1.53. The van der Waals surface area contributed by atoms with E-state index in [-0.39, 0.29) is 0 Å². The third-order valence-electron chi connectivity index (χ3n) is 3.97. The predicted octanol–water partition coefficient (Wildman–Crippen LogP) is 1.74. The normalized spacial score (nSPS) is 29.1. The molecular formula is C13H22BrN3O. The lowest BCUT2D eigenvalue weighted by Gasteiger charge is -2.22. The maximum atomic E-state index is 10.7. The van der Waals surface area contributed by atoms with Gasteiger partial charge in [0.15, 0.2) is 0 Å². The molecule has 2 heterocycles. The minimum absolute atomic E-state index is 0.438. The van der Waals surface area contributed by atoms with Crippen molar-refractivity contribution in [1.82, 2.24) is 14.7 Å². The molecule has 1 saturated heterocycles. The largest absolute Gasteiger partial charge is 0.388 e. The summed E-state index contributed by atoms with van der Waals surface area (Å²) >= 11 is 3.62. The first-order chi connectivity index (χ1) is 8.36. The van der Waals surface area contributed by atoms with E-state index in [4.69, 9.17) is 0 Å². The SMILES string of the molecule is CCc1nn(C)c(CC2(O)CC(C)N(C)C2)c1Br. The van der Waals surface area contributed by atoms with Crippen molar-refractivity contribution < 1.29 is 5.11 Å². The monoisotopic (exact) mass is 315 g/mol. The molecule has 2 atom stereocenters. The molecule has 5 heteroatoms. The minimum Gasteiger partial charge on any atom is -0.388 e. The molecule has 0 bridgehead atoms. The molecule has 1 aromatic heterocycles. The van der Waals surface area contributed by atoms with Gasteiger partial charge in [0.25, 0.3) is 0 Å². The number of nitrogens with zero attached hydrogens (tertiary/aromatic N) is 3.